The minimum absolute atomic E-state index is 0.865. The van der Waals surface area contributed by atoms with E-state index in [1.165, 1.54) is 32.1 Å². The molecule has 0 rings (SSSR count). The van der Waals surface area contributed by atoms with Crippen LogP contribution in [0.2, 0.25) is 0 Å². The Bertz CT molecular complexity index is 130. The zero-order valence-corrected chi connectivity index (χ0v) is 9.41. The highest BCUT2D eigenvalue weighted by molar-refractivity contribution is 6.32. The van der Waals surface area contributed by atoms with Gasteiger partial charge >= 0.3 is 0 Å². The lowest BCUT2D eigenvalue weighted by Gasteiger charge is -1.92. The second kappa shape index (κ2) is 10.7. The summed E-state index contributed by atoms with van der Waals surface area (Å²) in [5.74, 6) is 0. The van der Waals surface area contributed by atoms with Gasteiger partial charge in [-0.15, -0.1) is 0 Å². The zero-order valence-electron chi connectivity index (χ0n) is 8.00. The first-order valence-electron chi connectivity index (χ1n) is 4.84. The normalized spacial score (nSPS) is 12.8. The standard InChI is InChI=1S/C10H20OSi/c1-2-3-4-5-6-7-8-9-10-12-11/h7-11H,2-6,12H2,1H3. The molecule has 0 radical (unpaired) electrons. The molecule has 2 heteroatoms. The van der Waals surface area contributed by atoms with E-state index in [0.29, 0.717) is 0 Å². The van der Waals surface area contributed by atoms with Crippen LogP contribution >= 0.6 is 0 Å². The molecule has 12 heavy (non-hydrogen) atoms. The molecular weight excluding hydrogens is 164 g/mol. The summed E-state index contributed by atoms with van der Waals surface area (Å²) >= 11 is 0. The first-order chi connectivity index (χ1) is 5.91. The molecule has 0 heterocycles. The van der Waals surface area contributed by atoms with E-state index in [4.69, 9.17) is 4.80 Å². The highest BCUT2D eigenvalue weighted by atomic mass is 28.2. The fourth-order valence-corrected chi connectivity index (χ4v) is 1.28. The molecular formula is C10H20OSi. The van der Waals surface area contributed by atoms with Gasteiger partial charge in [-0.05, 0) is 12.8 Å². The van der Waals surface area contributed by atoms with Crippen LogP contribution in [0.3, 0.4) is 0 Å². The summed E-state index contributed by atoms with van der Waals surface area (Å²) in [6.45, 7) is 2.23. The minimum Gasteiger partial charge on any atom is -0.434 e. The average molecular weight is 184 g/mol. The molecule has 1 nitrogen and oxygen atoms in total. The molecule has 0 saturated heterocycles. The molecule has 0 aromatic rings. The molecule has 0 saturated carbocycles. The predicted octanol–water partition coefficient (Wildman–Crippen LogP) is 2.10. The summed E-state index contributed by atoms with van der Waals surface area (Å²) in [5, 5.41) is 0. The maximum atomic E-state index is 8.56. The molecule has 0 atom stereocenters. The lowest BCUT2D eigenvalue weighted by molar-refractivity contribution is 0.614. The van der Waals surface area contributed by atoms with Gasteiger partial charge in [0.15, 0.2) is 9.76 Å². The third-order valence-corrected chi connectivity index (χ3v) is 2.20. The van der Waals surface area contributed by atoms with Crippen molar-refractivity contribution in [2.45, 2.75) is 39.0 Å². The minimum atomic E-state index is -0.865. The lowest BCUT2D eigenvalue weighted by atomic mass is 10.1. The van der Waals surface area contributed by atoms with Crippen LogP contribution in [0.5, 0.6) is 0 Å². The van der Waals surface area contributed by atoms with Gasteiger partial charge in [0, 0.05) is 0 Å². The quantitative estimate of drug-likeness (QED) is 0.365. The number of hydrogen-bond donors (Lipinski definition) is 1. The van der Waals surface area contributed by atoms with Gasteiger partial charge in [0.25, 0.3) is 0 Å². The number of hydrogen-bond acceptors (Lipinski definition) is 1. The van der Waals surface area contributed by atoms with Gasteiger partial charge in [-0.25, -0.2) is 0 Å². The van der Waals surface area contributed by atoms with Crippen molar-refractivity contribution in [3.05, 3.63) is 23.9 Å². The summed E-state index contributed by atoms with van der Waals surface area (Å²) in [4.78, 5) is 8.56. The fraction of sp³-hybridized carbons (Fsp3) is 0.600. The summed E-state index contributed by atoms with van der Waals surface area (Å²) < 4.78 is 0. The van der Waals surface area contributed by atoms with Crippen molar-refractivity contribution < 1.29 is 4.80 Å². The highest BCUT2D eigenvalue weighted by Gasteiger charge is 1.82. The summed E-state index contributed by atoms with van der Waals surface area (Å²) in [5.41, 5.74) is 1.88. The Balaban J connectivity index is 3.07. The van der Waals surface area contributed by atoms with E-state index < -0.39 is 9.76 Å². The Kier molecular flexibility index (Phi) is 10.4. The van der Waals surface area contributed by atoms with E-state index in [2.05, 4.69) is 13.0 Å². The molecule has 0 aliphatic heterocycles. The SMILES string of the molecule is CCCCCCC=CC=C[SiH2]O. The van der Waals surface area contributed by atoms with E-state index in [0.717, 1.165) is 0 Å². The van der Waals surface area contributed by atoms with Crippen molar-refractivity contribution in [3.63, 3.8) is 0 Å². The molecule has 1 N–H and O–H groups in total. The number of allylic oxidation sites excluding steroid dienone is 3. The van der Waals surface area contributed by atoms with Gasteiger partial charge in [-0.2, -0.15) is 0 Å². The van der Waals surface area contributed by atoms with E-state index in [1.54, 1.807) is 0 Å². The van der Waals surface area contributed by atoms with Crippen LogP contribution in [0.25, 0.3) is 0 Å². The van der Waals surface area contributed by atoms with E-state index >= 15 is 0 Å². The molecule has 0 aromatic carbocycles. The first kappa shape index (κ1) is 11.7. The van der Waals surface area contributed by atoms with Crippen LogP contribution in [0.1, 0.15) is 39.0 Å². The second-order valence-electron chi connectivity index (χ2n) is 2.89. The highest BCUT2D eigenvalue weighted by Crippen LogP contribution is 2.02. The Morgan fingerprint density at radius 1 is 1.17 bits per heavy atom. The van der Waals surface area contributed by atoms with Gasteiger partial charge in [0.2, 0.25) is 0 Å². The third kappa shape index (κ3) is 9.66. The predicted molar refractivity (Wildman–Crippen MR) is 57.8 cm³/mol. The molecule has 0 aromatic heterocycles. The molecule has 0 aliphatic carbocycles. The molecule has 0 unspecified atom stereocenters. The number of rotatable bonds is 7. The summed E-state index contributed by atoms with van der Waals surface area (Å²) in [6, 6.07) is 0. The maximum absolute atomic E-state index is 8.56. The molecule has 70 valence electrons. The van der Waals surface area contributed by atoms with Crippen molar-refractivity contribution in [2.24, 2.45) is 0 Å². The first-order valence-corrected chi connectivity index (χ1v) is 6.29. The van der Waals surface area contributed by atoms with Crippen molar-refractivity contribution in [1.82, 2.24) is 0 Å². The monoisotopic (exact) mass is 184 g/mol. The topological polar surface area (TPSA) is 20.2 Å². The van der Waals surface area contributed by atoms with Crippen molar-refractivity contribution in [2.75, 3.05) is 0 Å². The Morgan fingerprint density at radius 2 is 2.00 bits per heavy atom. The van der Waals surface area contributed by atoms with E-state index in [9.17, 15) is 0 Å². The van der Waals surface area contributed by atoms with Gasteiger partial charge in [-0.3, -0.25) is 0 Å². The molecule has 0 fully saturated rings. The maximum Gasteiger partial charge on any atom is 0.180 e. The van der Waals surface area contributed by atoms with Crippen LogP contribution in [0.15, 0.2) is 23.9 Å². The largest absolute Gasteiger partial charge is 0.434 e. The molecule has 0 bridgehead atoms. The van der Waals surface area contributed by atoms with Gasteiger partial charge < -0.3 is 4.80 Å². The second-order valence-corrected chi connectivity index (χ2v) is 3.72. The average Bonchev–Trinajstić information content (AvgIpc) is 2.10. The van der Waals surface area contributed by atoms with Gasteiger partial charge in [-0.1, -0.05) is 50.1 Å². The lowest BCUT2D eigenvalue weighted by Crippen LogP contribution is -1.75. The van der Waals surface area contributed by atoms with E-state index in [1.807, 2.05) is 17.9 Å². The van der Waals surface area contributed by atoms with Crippen LogP contribution in [0.4, 0.5) is 0 Å². The molecule has 0 amide bonds. The van der Waals surface area contributed by atoms with Crippen molar-refractivity contribution >= 4 is 9.76 Å². The van der Waals surface area contributed by atoms with Crippen molar-refractivity contribution in [3.8, 4) is 0 Å². The molecule has 0 aliphatic rings. The smallest absolute Gasteiger partial charge is 0.180 e. The van der Waals surface area contributed by atoms with Crippen LogP contribution in [0, 0.1) is 0 Å². The Morgan fingerprint density at radius 3 is 2.67 bits per heavy atom. The Hall–Kier alpha value is -0.343. The summed E-state index contributed by atoms with van der Waals surface area (Å²) in [6.07, 6.45) is 12.6. The van der Waals surface area contributed by atoms with Crippen LogP contribution < -0.4 is 0 Å². The summed E-state index contributed by atoms with van der Waals surface area (Å²) in [7, 11) is -0.865. The fourth-order valence-electron chi connectivity index (χ4n) is 1.00. The Labute approximate surface area is 78.1 Å². The van der Waals surface area contributed by atoms with Crippen LogP contribution in [-0.4, -0.2) is 14.6 Å². The number of unbranched alkanes of at least 4 members (excludes halogenated alkanes) is 4. The molecule has 0 spiro atoms. The zero-order chi connectivity index (χ0) is 9.07. The third-order valence-electron chi connectivity index (χ3n) is 1.71. The van der Waals surface area contributed by atoms with Gasteiger partial charge in [0.1, 0.15) is 0 Å². The van der Waals surface area contributed by atoms with Crippen LogP contribution in [-0.2, 0) is 0 Å². The van der Waals surface area contributed by atoms with Crippen molar-refractivity contribution in [1.29, 1.82) is 0 Å². The van der Waals surface area contributed by atoms with E-state index in [-0.39, 0.29) is 0 Å². The van der Waals surface area contributed by atoms with Gasteiger partial charge in [0.05, 0.1) is 0 Å².